The van der Waals surface area contributed by atoms with Gasteiger partial charge in [-0.25, -0.2) is 4.98 Å². The molecule has 1 saturated heterocycles. The third-order valence-corrected chi connectivity index (χ3v) is 4.72. The fourth-order valence-corrected chi connectivity index (χ4v) is 3.33. The first kappa shape index (κ1) is 13.9. The Bertz CT molecular complexity index is 735. The molecule has 23 heavy (non-hydrogen) atoms. The predicted octanol–water partition coefficient (Wildman–Crippen LogP) is 2.07. The predicted molar refractivity (Wildman–Crippen MR) is 91.5 cm³/mol. The third-order valence-electron chi connectivity index (χ3n) is 4.72. The number of hydrogen-bond acceptors (Lipinski definition) is 5. The van der Waals surface area contributed by atoms with E-state index in [4.69, 9.17) is 5.73 Å². The van der Waals surface area contributed by atoms with E-state index in [1.165, 1.54) is 0 Å². The molecule has 2 aliphatic rings. The second kappa shape index (κ2) is 5.15. The van der Waals surface area contributed by atoms with Crippen LogP contribution in [0.5, 0.6) is 0 Å². The summed E-state index contributed by atoms with van der Waals surface area (Å²) in [7, 11) is 0. The van der Waals surface area contributed by atoms with Gasteiger partial charge >= 0.3 is 0 Å². The Labute approximate surface area is 134 Å². The topological polar surface area (TPSA) is 83.3 Å². The van der Waals surface area contributed by atoms with E-state index in [0.717, 1.165) is 43.0 Å². The smallest absolute Gasteiger partial charge is 0.251 e. The molecule has 4 N–H and O–H groups in total. The number of anilines is 4. The van der Waals surface area contributed by atoms with Crippen LogP contribution in [0.3, 0.4) is 0 Å². The van der Waals surface area contributed by atoms with Gasteiger partial charge in [0.2, 0.25) is 0 Å². The lowest BCUT2D eigenvalue weighted by atomic mass is 9.84. The summed E-state index contributed by atoms with van der Waals surface area (Å²) in [6.45, 7) is 1.64. The number of nitrogens with zero attached hydrogens (tertiary/aromatic N) is 2. The fourth-order valence-electron chi connectivity index (χ4n) is 3.33. The first-order valence-corrected chi connectivity index (χ1v) is 7.81. The lowest BCUT2D eigenvalue weighted by molar-refractivity contribution is -0.121. The highest BCUT2D eigenvalue weighted by molar-refractivity contribution is 6.05. The van der Waals surface area contributed by atoms with Crippen LogP contribution in [0.25, 0.3) is 0 Å². The summed E-state index contributed by atoms with van der Waals surface area (Å²) >= 11 is 0. The minimum absolute atomic E-state index is 0.0145. The maximum atomic E-state index is 12.6. The summed E-state index contributed by atoms with van der Waals surface area (Å²) in [4.78, 5) is 19.1. The Morgan fingerprint density at radius 2 is 1.87 bits per heavy atom. The maximum Gasteiger partial charge on any atom is 0.251 e. The van der Waals surface area contributed by atoms with Gasteiger partial charge in [0, 0.05) is 30.7 Å². The van der Waals surface area contributed by atoms with Crippen molar-refractivity contribution in [2.75, 3.05) is 34.4 Å². The summed E-state index contributed by atoms with van der Waals surface area (Å²) in [6, 6.07) is 11.7. The van der Waals surface area contributed by atoms with Gasteiger partial charge in [0.1, 0.15) is 5.54 Å². The highest BCUT2D eigenvalue weighted by Crippen LogP contribution is 2.36. The lowest BCUT2D eigenvalue weighted by Crippen LogP contribution is -2.58. The molecular weight excluding hydrogens is 290 g/mol. The molecule has 0 aliphatic carbocycles. The molecule has 0 bridgehead atoms. The van der Waals surface area contributed by atoms with Gasteiger partial charge in [0.25, 0.3) is 5.91 Å². The Morgan fingerprint density at radius 3 is 2.61 bits per heavy atom. The van der Waals surface area contributed by atoms with Crippen LogP contribution >= 0.6 is 0 Å². The zero-order valence-electron chi connectivity index (χ0n) is 12.7. The minimum Gasteiger partial charge on any atom is -0.399 e. The number of piperidine rings is 1. The number of fused-ring (bicyclic) bond motifs is 1. The second-order valence-electron chi connectivity index (χ2n) is 6.14. The number of carbonyl (C=O) groups is 1. The van der Waals surface area contributed by atoms with Crippen molar-refractivity contribution in [2.24, 2.45) is 0 Å². The molecule has 6 heteroatoms. The molecule has 0 unspecified atom stereocenters. The number of hydrogen-bond donors (Lipinski definition) is 3. The fraction of sp³-hybridized carbons (Fsp3) is 0.294. The Morgan fingerprint density at radius 1 is 1.13 bits per heavy atom. The van der Waals surface area contributed by atoms with E-state index in [0.29, 0.717) is 5.82 Å². The van der Waals surface area contributed by atoms with E-state index in [1.807, 2.05) is 36.4 Å². The van der Waals surface area contributed by atoms with Crippen molar-refractivity contribution < 1.29 is 4.79 Å². The molecule has 1 fully saturated rings. The van der Waals surface area contributed by atoms with Crippen LogP contribution in [0.2, 0.25) is 0 Å². The van der Waals surface area contributed by atoms with Crippen molar-refractivity contribution in [1.29, 1.82) is 0 Å². The lowest BCUT2D eigenvalue weighted by Gasteiger charge is -2.44. The standard InChI is InChI=1S/C17H19N5O/c18-12-3-5-13(6-4-12)22-10-7-17(8-11-22)16(23)20-15-14(21-17)2-1-9-19-15/h1-6,9,21H,7-8,10-11,18H2,(H,19,20,23). The molecule has 2 aromatic rings. The average molecular weight is 309 g/mol. The number of carbonyl (C=O) groups excluding carboxylic acids is 1. The second-order valence-corrected chi connectivity index (χ2v) is 6.14. The number of rotatable bonds is 1. The zero-order chi connectivity index (χ0) is 15.9. The number of nitrogens with one attached hydrogen (secondary N) is 2. The molecule has 0 saturated carbocycles. The minimum atomic E-state index is -0.541. The molecule has 1 aromatic carbocycles. The monoisotopic (exact) mass is 309 g/mol. The maximum absolute atomic E-state index is 12.6. The summed E-state index contributed by atoms with van der Waals surface area (Å²) in [5, 5.41) is 6.36. The Hall–Kier alpha value is -2.76. The van der Waals surface area contributed by atoms with Crippen LogP contribution < -0.4 is 21.3 Å². The zero-order valence-corrected chi connectivity index (χ0v) is 12.7. The molecule has 3 heterocycles. The van der Waals surface area contributed by atoms with Crippen molar-refractivity contribution >= 4 is 28.8 Å². The number of aromatic nitrogens is 1. The first-order chi connectivity index (χ1) is 11.2. The Kier molecular flexibility index (Phi) is 3.11. The van der Waals surface area contributed by atoms with Crippen LogP contribution in [0, 0.1) is 0 Å². The highest BCUT2D eigenvalue weighted by atomic mass is 16.2. The number of nitrogens with two attached hydrogens (primary N) is 1. The number of benzene rings is 1. The van der Waals surface area contributed by atoms with Crippen LogP contribution in [0.15, 0.2) is 42.6 Å². The molecule has 118 valence electrons. The normalized spacial score (nSPS) is 19.0. The van der Waals surface area contributed by atoms with Gasteiger partial charge in [0.15, 0.2) is 5.82 Å². The van der Waals surface area contributed by atoms with E-state index in [2.05, 4.69) is 20.5 Å². The number of nitrogen functional groups attached to an aromatic ring is 1. The van der Waals surface area contributed by atoms with Crippen LogP contribution in [-0.4, -0.2) is 29.5 Å². The Balaban J connectivity index is 1.52. The van der Waals surface area contributed by atoms with Crippen molar-refractivity contribution in [3.63, 3.8) is 0 Å². The van der Waals surface area contributed by atoms with E-state index in [9.17, 15) is 4.79 Å². The molecule has 1 amide bonds. The van der Waals surface area contributed by atoms with Gasteiger partial charge in [-0.15, -0.1) is 0 Å². The molecule has 4 rings (SSSR count). The molecule has 0 atom stereocenters. The third kappa shape index (κ3) is 2.36. The average Bonchev–Trinajstić information content (AvgIpc) is 2.58. The van der Waals surface area contributed by atoms with E-state index in [-0.39, 0.29) is 5.91 Å². The SMILES string of the molecule is Nc1ccc(N2CCC3(CC2)Nc2cccnc2NC3=O)cc1. The largest absolute Gasteiger partial charge is 0.399 e. The molecular formula is C17H19N5O. The molecule has 2 aliphatic heterocycles. The molecule has 0 radical (unpaired) electrons. The summed E-state index contributed by atoms with van der Waals surface area (Å²) < 4.78 is 0. The summed E-state index contributed by atoms with van der Waals surface area (Å²) in [5.41, 5.74) is 8.01. The summed E-state index contributed by atoms with van der Waals surface area (Å²) in [6.07, 6.45) is 3.18. The van der Waals surface area contributed by atoms with Gasteiger partial charge in [-0.1, -0.05) is 0 Å². The van der Waals surface area contributed by atoms with Gasteiger partial charge in [-0.2, -0.15) is 0 Å². The van der Waals surface area contributed by atoms with Crippen LogP contribution in [0.1, 0.15) is 12.8 Å². The van der Waals surface area contributed by atoms with Crippen molar-refractivity contribution in [3.05, 3.63) is 42.6 Å². The van der Waals surface area contributed by atoms with E-state index < -0.39 is 5.54 Å². The summed E-state index contributed by atoms with van der Waals surface area (Å²) in [5.74, 6) is 0.629. The van der Waals surface area contributed by atoms with Crippen molar-refractivity contribution in [3.8, 4) is 0 Å². The van der Waals surface area contributed by atoms with Crippen molar-refractivity contribution in [2.45, 2.75) is 18.4 Å². The van der Waals surface area contributed by atoms with Gasteiger partial charge in [-0.3, -0.25) is 4.79 Å². The van der Waals surface area contributed by atoms with Crippen LogP contribution in [0.4, 0.5) is 22.9 Å². The van der Waals surface area contributed by atoms with Crippen molar-refractivity contribution in [1.82, 2.24) is 4.98 Å². The first-order valence-electron chi connectivity index (χ1n) is 7.81. The molecule has 1 aromatic heterocycles. The number of amides is 1. The molecule has 1 spiro atoms. The van der Waals surface area contributed by atoms with Gasteiger partial charge < -0.3 is 21.3 Å². The quantitative estimate of drug-likeness (QED) is 0.702. The highest BCUT2D eigenvalue weighted by Gasteiger charge is 2.44. The molecule has 6 nitrogen and oxygen atoms in total. The van der Waals surface area contributed by atoms with E-state index >= 15 is 0 Å². The van der Waals surface area contributed by atoms with E-state index in [1.54, 1.807) is 6.20 Å². The van der Waals surface area contributed by atoms with Crippen LogP contribution in [-0.2, 0) is 4.79 Å². The van der Waals surface area contributed by atoms with Gasteiger partial charge in [0.05, 0.1) is 5.69 Å². The van der Waals surface area contributed by atoms with Gasteiger partial charge in [-0.05, 0) is 49.2 Å². The number of pyridine rings is 1.